The molecule has 1 rings (SSSR count). The smallest absolute Gasteiger partial charge is 0.131 e. The summed E-state index contributed by atoms with van der Waals surface area (Å²) in [5.74, 6) is -0.668. The van der Waals surface area contributed by atoms with Gasteiger partial charge in [0.15, 0.2) is 0 Å². The van der Waals surface area contributed by atoms with Crippen LogP contribution in [0.25, 0.3) is 0 Å². The summed E-state index contributed by atoms with van der Waals surface area (Å²) in [6.07, 6.45) is 0.307. The fourth-order valence-corrected chi connectivity index (χ4v) is 1.11. The average Bonchev–Trinajstić information content (AvgIpc) is 2.04. The van der Waals surface area contributed by atoms with Crippen LogP contribution in [0.4, 0.5) is 4.39 Å². The molecule has 80 valence electrons. The minimum Gasteiger partial charge on any atom is -0.508 e. The van der Waals surface area contributed by atoms with Gasteiger partial charge in [-0.05, 0) is 12.5 Å². The molecule has 0 unspecified atom stereocenters. The fraction of sp³-hybridized carbons (Fsp3) is 0.333. The van der Waals surface area contributed by atoms with E-state index in [1.165, 1.54) is 12.1 Å². The van der Waals surface area contributed by atoms with Gasteiger partial charge in [-0.25, -0.2) is 4.39 Å². The van der Waals surface area contributed by atoms with E-state index in [1.54, 1.807) is 0 Å². The highest BCUT2D eigenvalue weighted by Crippen LogP contribution is 2.21. The minimum atomic E-state index is -0.541. The molecule has 0 radical (unpaired) electrons. The molecule has 14 heavy (non-hydrogen) atoms. The molecule has 0 saturated heterocycles. The van der Waals surface area contributed by atoms with Gasteiger partial charge in [0, 0.05) is 24.3 Å². The first kappa shape index (κ1) is 13.2. The summed E-state index contributed by atoms with van der Waals surface area (Å²) >= 11 is 0. The van der Waals surface area contributed by atoms with E-state index in [1.807, 2.05) is 0 Å². The Bertz CT molecular complexity index is 296. The number of aliphatic hydroxyl groups excluding tert-OH is 1. The summed E-state index contributed by atoms with van der Waals surface area (Å²) in [7, 11) is 0. The first-order valence-electron chi connectivity index (χ1n) is 4.00. The van der Waals surface area contributed by atoms with Crippen LogP contribution in [0, 0.1) is 5.82 Å². The molecule has 4 N–H and O–H groups in total. The zero-order valence-electron chi connectivity index (χ0n) is 7.48. The number of halogens is 2. The number of hydrogen-bond acceptors (Lipinski definition) is 3. The fourth-order valence-electron chi connectivity index (χ4n) is 1.11. The summed E-state index contributed by atoms with van der Waals surface area (Å²) in [6, 6.07) is 3.28. The zero-order chi connectivity index (χ0) is 9.84. The van der Waals surface area contributed by atoms with Crippen molar-refractivity contribution in [2.45, 2.75) is 12.5 Å². The maximum atomic E-state index is 13.1. The van der Waals surface area contributed by atoms with E-state index in [9.17, 15) is 4.39 Å². The van der Waals surface area contributed by atoms with Crippen molar-refractivity contribution in [1.29, 1.82) is 0 Å². The first-order valence-corrected chi connectivity index (χ1v) is 4.00. The predicted molar refractivity (Wildman–Crippen MR) is 53.9 cm³/mol. The van der Waals surface area contributed by atoms with Crippen molar-refractivity contribution < 1.29 is 14.6 Å². The first-order chi connectivity index (χ1) is 6.15. The lowest BCUT2D eigenvalue weighted by molar-refractivity contribution is 0.275. The Morgan fingerprint density at radius 3 is 2.57 bits per heavy atom. The minimum absolute atomic E-state index is 0. The van der Waals surface area contributed by atoms with Crippen LogP contribution in [0.2, 0.25) is 0 Å². The van der Waals surface area contributed by atoms with Gasteiger partial charge in [-0.2, -0.15) is 0 Å². The van der Waals surface area contributed by atoms with Crippen molar-refractivity contribution >= 4 is 12.4 Å². The molecule has 0 aromatic heterocycles. The van der Waals surface area contributed by atoms with Gasteiger partial charge in [0.05, 0.1) is 0 Å². The van der Waals surface area contributed by atoms with Gasteiger partial charge in [-0.3, -0.25) is 0 Å². The van der Waals surface area contributed by atoms with Crippen molar-refractivity contribution in [3.8, 4) is 5.75 Å². The van der Waals surface area contributed by atoms with Gasteiger partial charge in [0.2, 0.25) is 0 Å². The molecular formula is C9H13ClFNO2. The molecule has 0 aliphatic carbocycles. The molecule has 3 nitrogen and oxygen atoms in total. The molecule has 1 aromatic carbocycles. The number of benzene rings is 1. The summed E-state index contributed by atoms with van der Waals surface area (Å²) in [5, 5.41) is 17.5. The van der Waals surface area contributed by atoms with Crippen molar-refractivity contribution in [3.63, 3.8) is 0 Å². The van der Waals surface area contributed by atoms with E-state index in [4.69, 9.17) is 15.9 Å². The van der Waals surface area contributed by atoms with Crippen LogP contribution in [0.1, 0.15) is 18.0 Å². The Balaban J connectivity index is 0.00000169. The molecule has 0 aliphatic rings. The van der Waals surface area contributed by atoms with E-state index < -0.39 is 11.9 Å². The molecule has 0 bridgehead atoms. The summed E-state index contributed by atoms with van der Waals surface area (Å²) in [4.78, 5) is 0. The van der Waals surface area contributed by atoms with E-state index in [-0.39, 0.29) is 24.8 Å². The van der Waals surface area contributed by atoms with E-state index in [0.717, 1.165) is 6.07 Å². The van der Waals surface area contributed by atoms with Crippen LogP contribution in [0.3, 0.4) is 0 Å². The highest BCUT2D eigenvalue weighted by atomic mass is 35.5. The van der Waals surface area contributed by atoms with Crippen LogP contribution in [-0.4, -0.2) is 16.8 Å². The van der Waals surface area contributed by atoms with Crippen molar-refractivity contribution in [2.75, 3.05) is 6.61 Å². The third kappa shape index (κ3) is 3.14. The molecular weight excluding hydrogens is 209 g/mol. The van der Waals surface area contributed by atoms with Crippen LogP contribution >= 0.6 is 12.4 Å². The molecule has 0 fully saturated rings. The monoisotopic (exact) mass is 221 g/mol. The number of phenolic OH excluding ortho intramolecular Hbond substituents is 1. The van der Waals surface area contributed by atoms with E-state index in [0.29, 0.717) is 12.0 Å². The predicted octanol–water partition coefficient (Wildman–Crippen LogP) is 1.34. The Kier molecular flexibility index (Phi) is 5.45. The Morgan fingerprint density at radius 1 is 1.43 bits per heavy atom. The average molecular weight is 222 g/mol. The Labute approximate surface area is 87.8 Å². The third-order valence-corrected chi connectivity index (χ3v) is 1.82. The van der Waals surface area contributed by atoms with Crippen molar-refractivity contribution in [2.24, 2.45) is 5.73 Å². The van der Waals surface area contributed by atoms with Crippen molar-refractivity contribution in [1.82, 2.24) is 0 Å². The quantitative estimate of drug-likeness (QED) is 0.722. The lowest BCUT2D eigenvalue weighted by Gasteiger charge is -2.11. The van der Waals surface area contributed by atoms with E-state index >= 15 is 0 Å². The largest absolute Gasteiger partial charge is 0.508 e. The van der Waals surface area contributed by atoms with Gasteiger partial charge in [-0.1, -0.05) is 6.07 Å². The maximum absolute atomic E-state index is 13.1. The highest BCUT2D eigenvalue weighted by molar-refractivity contribution is 5.85. The Morgan fingerprint density at radius 2 is 2.07 bits per heavy atom. The van der Waals surface area contributed by atoms with Gasteiger partial charge in [0.1, 0.15) is 11.6 Å². The van der Waals surface area contributed by atoms with Crippen LogP contribution in [0.15, 0.2) is 18.2 Å². The molecule has 0 spiro atoms. The molecule has 0 heterocycles. The lowest BCUT2D eigenvalue weighted by Crippen LogP contribution is -2.13. The van der Waals surface area contributed by atoms with Gasteiger partial charge in [0.25, 0.3) is 0 Å². The molecule has 0 aliphatic heterocycles. The topological polar surface area (TPSA) is 66.5 Å². The SMILES string of the molecule is Cl.N[C@@H](CCO)c1ccc(O)cc1F. The molecule has 5 heteroatoms. The molecule has 0 amide bonds. The van der Waals surface area contributed by atoms with Crippen LogP contribution < -0.4 is 5.73 Å². The number of hydrogen-bond donors (Lipinski definition) is 3. The molecule has 0 saturated carbocycles. The van der Waals surface area contributed by atoms with Crippen LogP contribution in [-0.2, 0) is 0 Å². The van der Waals surface area contributed by atoms with Gasteiger partial charge in [-0.15, -0.1) is 12.4 Å². The standard InChI is InChI=1S/C9H12FNO2.ClH/c10-8-5-6(13)1-2-7(8)9(11)3-4-12;/h1-2,5,9,12-13H,3-4,11H2;1H/t9-;/m0./s1. The normalized spacial score (nSPS) is 11.9. The highest BCUT2D eigenvalue weighted by Gasteiger charge is 2.10. The number of rotatable bonds is 3. The van der Waals surface area contributed by atoms with Gasteiger partial charge >= 0.3 is 0 Å². The number of nitrogens with two attached hydrogens (primary N) is 1. The second kappa shape index (κ2) is 5.80. The summed E-state index contributed by atoms with van der Waals surface area (Å²) in [5.41, 5.74) is 5.89. The van der Waals surface area contributed by atoms with E-state index in [2.05, 4.69) is 0 Å². The Hall–Kier alpha value is -0.840. The number of aromatic hydroxyl groups is 1. The number of aliphatic hydroxyl groups is 1. The van der Waals surface area contributed by atoms with Crippen molar-refractivity contribution in [3.05, 3.63) is 29.6 Å². The lowest BCUT2D eigenvalue weighted by atomic mass is 10.0. The van der Waals surface area contributed by atoms with Crippen LogP contribution in [0.5, 0.6) is 5.75 Å². The summed E-state index contributed by atoms with van der Waals surface area (Å²) in [6.45, 7) is -0.0819. The molecule has 1 atom stereocenters. The summed E-state index contributed by atoms with van der Waals surface area (Å²) < 4.78 is 13.1. The van der Waals surface area contributed by atoms with Gasteiger partial charge < -0.3 is 15.9 Å². The zero-order valence-corrected chi connectivity index (χ0v) is 8.30. The second-order valence-corrected chi connectivity index (χ2v) is 2.82. The number of phenols is 1. The second-order valence-electron chi connectivity index (χ2n) is 2.82. The molecule has 1 aromatic rings. The maximum Gasteiger partial charge on any atom is 0.131 e. The third-order valence-electron chi connectivity index (χ3n) is 1.82.